The van der Waals surface area contributed by atoms with Gasteiger partial charge in [0.2, 0.25) is 0 Å². The lowest BCUT2D eigenvalue weighted by Crippen LogP contribution is -2.45. The molecule has 1 saturated heterocycles. The van der Waals surface area contributed by atoms with Gasteiger partial charge >= 0.3 is 5.88 Å². The number of rotatable bonds is 4. The molecule has 1 aliphatic heterocycles. The first-order valence-electron chi connectivity index (χ1n) is 7.99. The van der Waals surface area contributed by atoms with Crippen molar-refractivity contribution in [3.63, 3.8) is 0 Å². The second kappa shape index (κ2) is 6.94. The summed E-state index contributed by atoms with van der Waals surface area (Å²) in [4.78, 5) is 24.5. The third-order valence-corrected chi connectivity index (χ3v) is 3.91. The number of nitro groups is 1. The molecule has 25 heavy (non-hydrogen) atoms. The quantitative estimate of drug-likeness (QED) is 0.675. The number of para-hydroxylation sites is 2. The lowest BCUT2D eigenvalue weighted by molar-refractivity contribution is -0.402. The number of carbonyl (C=O) groups excluding carboxylic acids is 1. The summed E-state index contributed by atoms with van der Waals surface area (Å²) in [5, 5.41) is 13.4. The monoisotopic (exact) mass is 345 g/mol. The molecule has 0 saturated carbocycles. The first-order valence-corrected chi connectivity index (χ1v) is 7.99. The van der Waals surface area contributed by atoms with Crippen molar-refractivity contribution in [1.82, 2.24) is 0 Å². The van der Waals surface area contributed by atoms with Gasteiger partial charge in [-0.15, -0.1) is 0 Å². The number of anilines is 2. The fourth-order valence-corrected chi connectivity index (χ4v) is 2.96. The second-order valence-corrected chi connectivity index (χ2v) is 6.03. The molecule has 3 rings (SSSR count). The number of morpholine rings is 1. The molecule has 1 N–H and O–H groups in total. The molecule has 0 spiro atoms. The summed E-state index contributed by atoms with van der Waals surface area (Å²) in [5.41, 5.74) is 1.49. The van der Waals surface area contributed by atoms with Crippen LogP contribution in [0.5, 0.6) is 0 Å². The van der Waals surface area contributed by atoms with Crippen molar-refractivity contribution >= 4 is 23.2 Å². The number of benzene rings is 1. The fourth-order valence-electron chi connectivity index (χ4n) is 2.96. The lowest BCUT2D eigenvalue weighted by atomic mass is 10.1. The molecular formula is C17H19N3O5. The van der Waals surface area contributed by atoms with Crippen molar-refractivity contribution in [1.29, 1.82) is 0 Å². The maximum atomic E-state index is 12.3. The van der Waals surface area contributed by atoms with E-state index in [9.17, 15) is 14.9 Å². The smallest absolute Gasteiger partial charge is 0.395 e. The first-order chi connectivity index (χ1) is 11.9. The Balaban J connectivity index is 1.80. The van der Waals surface area contributed by atoms with Gasteiger partial charge in [0.1, 0.15) is 4.92 Å². The Morgan fingerprint density at radius 1 is 1.20 bits per heavy atom. The molecule has 1 aromatic heterocycles. The van der Waals surface area contributed by atoms with Crippen LogP contribution in [0.1, 0.15) is 24.4 Å². The van der Waals surface area contributed by atoms with Crippen LogP contribution < -0.4 is 10.2 Å². The Bertz CT molecular complexity index is 778. The Morgan fingerprint density at radius 2 is 1.88 bits per heavy atom. The van der Waals surface area contributed by atoms with Gasteiger partial charge in [-0.3, -0.25) is 14.9 Å². The summed E-state index contributed by atoms with van der Waals surface area (Å²) in [7, 11) is 0. The van der Waals surface area contributed by atoms with Crippen molar-refractivity contribution in [3.05, 3.63) is 52.3 Å². The third-order valence-electron chi connectivity index (χ3n) is 3.91. The van der Waals surface area contributed by atoms with E-state index in [1.807, 2.05) is 32.0 Å². The van der Waals surface area contributed by atoms with Crippen LogP contribution in [0, 0.1) is 10.1 Å². The van der Waals surface area contributed by atoms with Gasteiger partial charge in [0.15, 0.2) is 5.76 Å². The molecule has 2 atom stereocenters. The number of hydrogen-bond donors (Lipinski definition) is 1. The first kappa shape index (κ1) is 17.0. The van der Waals surface area contributed by atoms with Crippen LogP contribution in [0.4, 0.5) is 17.3 Å². The van der Waals surface area contributed by atoms with Crippen LogP contribution in [0.2, 0.25) is 0 Å². The zero-order chi connectivity index (χ0) is 18.0. The maximum absolute atomic E-state index is 12.3. The topological polar surface area (TPSA) is 97.9 Å². The Labute approximate surface area is 144 Å². The number of furan rings is 1. The van der Waals surface area contributed by atoms with E-state index in [1.54, 1.807) is 6.07 Å². The molecule has 1 aromatic carbocycles. The van der Waals surface area contributed by atoms with Crippen LogP contribution in [0.3, 0.4) is 0 Å². The highest BCUT2D eigenvalue weighted by Crippen LogP contribution is 2.29. The number of nitrogens with zero attached hydrogens (tertiary/aromatic N) is 2. The van der Waals surface area contributed by atoms with Gasteiger partial charge in [0.25, 0.3) is 5.91 Å². The molecule has 8 nitrogen and oxygen atoms in total. The highest BCUT2D eigenvalue weighted by Gasteiger charge is 2.25. The average Bonchev–Trinajstić information content (AvgIpc) is 3.05. The predicted molar refractivity (Wildman–Crippen MR) is 92.0 cm³/mol. The van der Waals surface area contributed by atoms with Crippen molar-refractivity contribution in [2.24, 2.45) is 0 Å². The summed E-state index contributed by atoms with van der Waals surface area (Å²) >= 11 is 0. The Kier molecular flexibility index (Phi) is 4.71. The average molecular weight is 345 g/mol. The summed E-state index contributed by atoms with van der Waals surface area (Å²) in [5.74, 6) is -1.10. The minimum Gasteiger partial charge on any atom is -0.395 e. The number of ether oxygens (including phenoxy) is 1. The zero-order valence-corrected chi connectivity index (χ0v) is 14.0. The largest absolute Gasteiger partial charge is 0.433 e. The van der Waals surface area contributed by atoms with Crippen LogP contribution >= 0.6 is 0 Å². The summed E-state index contributed by atoms with van der Waals surface area (Å²) in [6, 6.07) is 9.87. The van der Waals surface area contributed by atoms with E-state index in [2.05, 4.69) is 10.2 Å². The summed E-state index contributed by atoms with van der Waals surface area (Å²) in [6.45, 7) is 5.44. The minimum atomic E-state index is -0.679. The van der Waals surface area contributed by atoms with Gasteiger partial charge in [-0.1, -0.05) is 12.1 Å². The normalized spacial score (nSPS) is 20.3. The molecule has 2 heterocycles. The van der Waals surface area contributed by atoms with Gasteiger partial charge in [0.05, 0.1) is 29.6 Å². The second-order valence-electron chi connectivity index (χ2n) is 6.03. The van der Waals surface area contributed by atoms with Crippen LogP contribution in [0.15, 0.2) is 40.8 Å². The van der Waals surface area contributed by atoms with Crippen molar-refractivity contribution in [2.75, 3.05) is 23.3 Å². The van der Waals surface area contributed by atoms with E-state index in [0.29, 0.717) is 18.8 Å². The number of nitrogens with one attached hydrogen (secondary N) is 1. The maximum Gasteiger partial charge on any atom is 0.433 e. The lowest BCUT2D eigenvalue weighted by Gasteiger charge is -2.37. The van der Waals surface area contributed by atoms with E-state index >= 15 is 0 Å². The van der Waals surface area contributed by atoms with Gasteiger partial charge in [0, 0.05) is 13.1 Å². The Morgan fingerprint density at radius 3 is 2.52 bits per heavy atom. The van der Waals surface area contributed by atoms with Crippen molar-refractivity contribution < 1.29 is 18.9 Å². The molecule has 0 unspecified atom stereocenters. The fraction of sp³-hybridized carbons (Fsp3) is 0.353. The van der Waals surface area contributed by atoms with Gasteiger partial charge in [-0.25, -0.2) is 0 Å². The highest BCUT2D eigenvalue weighted by molar-refractivity contribution is 6.04. The van der Waals surface area contributed by atoms with Gasteiger partial charge in [-0.2, -0.15) is 0 Å². The molecule has 132 valence electrons. The molecule has 1 aliphatic rings. The number of hydrogen-bond acceptors (Lipinski definition) is 6. The summed E-state index contributed by atoms with van der Waals surface area (Å²) < 4.78 is 10.7. The van der Waals surface area contributed by atoms with E-state index in [-0.39, 0.29) is 18.0 Å². The molecular weight excluding hydrogens is 326 g/mol. The van der Waals surface area contributed by atoms with Crippen molar-refractivity contribution in [3.8, 4) is 0 Å². The molecule has 8 heteroatoms. The highest BCUT2D eigenvalue weighted by atomic mass is 16.6. The molecule has 0 bridgehead atoms. The molecule has 0 aliphatic carbocycles. The van der Waals surface area contributed by atoms with Crippen LogP contribution in [-0.4, -0.2) is 36.1 Å². The van der Waals surface area contributed by atoms with E-state index < -0.39 is 16.7 Å². The van der Waals surface area contributed by atoms with Crippen molar-refractivity contribution in [2.45, 2.75) is 26.1 Å². The van der Waals surface area contributed by atoms with E-state index in [0.717, 1.165) is 11.8 Å². The molecule has 1 amide bonds. The third kappa shape index (κ3) is 3.80. The Hall–Kier alpha value is -2.87. The molecule has 2 aromatic rings. The molecule has 0 radical (unpaired) electrons. The number of amides is 1. The van der Waals surface area contributed by atoms with Gasteiger partial charge < -0.3 is 19.4 Å². The number of carbonyl (C=O) groups is 1. The van der Waals surface area contributed by atoms with Crippen LogP contribution in [-0.2, 0) is 4.74 Å². The van der Waals surface area contributed by atoms with E-state index in [1.165, 1.54) is 6.07 Å². The zero-order valence-electron chi connectivity index (χ0n) is 14.0. The van der Waals surface area contributed by atoms with Gasteiger partial charge in [-0.05, 0) is 32.0 Å². The SMILES string of the molecule is C[C@H]1CN(c2ccccc2NC(=O)c2ccc([N+](=O)[O-])o2)C[C@H](C)O1. The van der Waals surface area contributed by atoms with Crippen LogP contribution in [0.25, 0.3) is 0 Å². The predicted octanol–water partition coefficient (Wildman–Crippen LogP) is 3.05. The molecule has 1 fully saturated rings. The summed E-state index contributed by atoms with van der Waals surface area (Å²) in [6.07, 6.45) is 0.167. The van der Waals surface area contributed by atoms with E-state index in [4.69, 9.17) is 9.15 Å². The standard InChI is InChI=1S/C17H19N3O5/c1-11-9-19(10-12(2)24-11)14-6-4-3-5-13(14)18-17(21)15-7-8-16(25-15)20(22)23/h3-8,11-12H,9-10H2,1-2H3,(H,18,21)/t11-,12-/m0/s1. The minimum absolute atomic E-state index is 0.0835.